The van der Waals surface area contributed by atoms with Crippen LogP contribution in [0.2, 0.25) is 0 Å². The van der Waals surface area contributed by atoms with E-state index >= 15 is 0 Å². The quantitative estimate of drug-likeness (QED) is 0.848. The van der Waals surface area contributed by atoms with Crippen molar-refractivity contribution in [2.75, 3.05) is 19.6 Å². The third-order valence-electron chi connectivity index (χ3n) is 3.21. The number of rotatable bonds is 2. The molecule has 0 spiro atoms. The smallest absolute Gasteiger partial charge is 0.253 e. The van der Waals surface area contributed by atoms with E-state index in [0.717, 1.165) is 19.4 Å². The topological polar surface area (TPSA) is 46.3 Å². The molecule has 0 bridgehead atoms. The number of halogens is 1. The molecule has 2 rings (SSSR count). The molecule has 1 heterocycles. The van der Waals surface area contributed by atoms with Crippen molar-refractivity contribution in [2.24, 2.45) is 11.7 Å². The third kappa shape index (κ3) is 2.82. The second-order valence-electron chi connectivity index (χ2n) is 4.51. The van der Waals surface area contributed by atoms with Gasteiger partial charge in [-0.3, -0.25) is 4.79 Å². The number of likely N-dealkylation sites (tertiary alicyclic amines) is 1. The van der Waals surface area contributed by atoms with E-state index in [0.29, 0.717) is 24.6 Å². The summed E-state index contributed by atoms with van der Waals surface area (Å²) < 4.78 is 13.0. The number of carbonyl (C=O) groups excluding carboxylic acids is 1. The predicted octanol–water partition coefficient (Wildman–Crippen LogP) is 1.64. The van der Waals surface area contributed by atoms with Crippen molar-refractivity contribution in [1.29, 1.82) is 0 Å². The summed E-state index contributed by atoms with van der Waals surface area (Å²) in [6.07, 6.45) is 2.05. The minimum atomic E-state index is -0.372. The van der Waals surface area contributed by atoms with Gasteiger partial charge in [-0.05, 0) is 43.5 Å². The Morgan fingerprint density at radius 3 is 3.06 bits per heavy atom. The molecule has 0 aliphatic carbocycles. The van der Waals surface area contributed by atoms with Gasteiger partial charge in [-0.25, -0.2) is 4.39 Å². The Labute approximate surface area is 100 Å². The normalized spacial score (nSPS) is 20.4. The maximum absolute atomic E-state index is 13.0. The van der Waals surface area contributed by atoms with Crippen molar-refractivity contribution < 1.29 is 9.18 Å². The molecule has 1 amide bonds. The van der Waals surface area contributed by atoms with E-state index in [-0.39, 0.29) is 11.7 Å². The summed E-state index contributed by atoms with van der Waals surface area (Å²) >= 11 is 0. The number of piperidine rings is 1. The van der Waals surface area contributed by atoms with Gasteiger partial charge in [0, 0.05) is 18.7 Å². The van der Waals surface area contributed by atoms with Gasteiger partial charge in [0.15, 0.2) is 0 Å². The largest absolute Gasteiger partial charge is 0.338 e. The lowest BCUT2D eigenvalue weighted by Crippen LogP contribution is -2.42. The van der Waals surface area contributed by atoms with Crippen LogP contribution in [-0.2, 0) is 0 Å². The summed E-state index contributed by atoms with van der Waals surface area (Å²) in [7, 11) is 0. The van der Waals surface area contributed by atoms with Gasteiger partial charge >= 0.3 is 0 Å². The summed E-state index contributed by atoms with van der Waals surface area (Å²) in [5.74, 6) is -0.0906. The predicted molar refractivity (Wildman–Crippen MR) is 64.1 cm³/mol. The first-order valence-electron chi connectivity index (χ1n) is 5.95. The fourth-order valence-corrected chi connectivity index (χ4v) is 2.25. The van der Waals surface area contributed by atoms with Gasteiger partial charge in [0.25, 0.3) is 5.91 Å². The summed E-state index contributed by atoms with van der Waals surface area (Å²) in [5, 5.41) is 0. The lowest BCUT2D eigenvalue weighted by Gasteiger charge is -2.32. The number of nitrogens with zero attached hydrogens (tertiary/aromatic N) is 1. The molecule has 1 saturated heterocycles. The van der Waals surface area contributed by atoms with Crippen molar-refractivity contribution in [2.45, 2.75) is 12.8 Å². The molecule has 0 radical (unpaired) electrons. The van der Waals surface area contributed by atoms with E-state index in [9.17, 15) is 9.18 Å². The monoisotopic (exact) mass is 236 g/mol. The molecule has 1 aromatic rings. The number of nitrogens with two attached hydrogens (primary N) is 1. The fraction of sp³-hybridized carbons (Fsp3) is 0.462. The highest BCUT2D eigenvalue weighted by atomic mass is 19.1. The minimum absolute atomic E-state index is 0.0948. The average Bonchev–Trinajstić information content (AvgIpc) is 2.38. The second-order valence-corrected chi connectivity index (χ2v) is 4.51. The van der Waals surface area contributed by atoms with E-state index in [1.54, 1.807) is 17.0 Å². The maximum Gasteiger partial charge on any atom is 0.253 e. The molecule has 17 heavy (non-hydrogen) atoms. The van der Waals surface area contributed by atoms with E-state index in [1.807, 2.05) is 0 Å². The van der Waals surface area contributed by atoms with Gasteiger partial charge in [-0.2, -0.15) is 0 Å². The van der Waals surface area contributed by atoms with Crippen molar-refractivity contribution in [3.8, 4) is 0 Å². The van der Waals surface area contributed by atoms with Gasteiger partial charge in [0.1, 0.15) is 5.82 Å². The van der Waals surface area contributed by atoms with Crippen LogP contribution in [0.25, 0.3) is 0 Å². The highest BCUT2D eigenvalue weighted by Gasteiger charge is 2.23. The number of amides is 1. The zero-order chi connectivity index (χ0) is 12.3. The summed E-state index contributed by atoms with van der Waals surface area (Å²) in [6.45, 7) is 2.03. The molecule has 0 saturated carbocycles. The van der Waals surface area contributed by atoms with E-state index in [2.05, 4.69) is 0 Å². The van der Waals surface area contributed by atoms with Crippen LogP contribution < -0.4 is 5.73 Å². The first-order chi connectivity index (χ1) is 8.20. The Morgan fingerprint density at radius 1 is 1.53 bits per heavy atom. The van der Waals surface area contributed by atoms with Crippen molar-refractivity contribution in [1.82, 2.24) is 4.90 Å². The first kappa shape index (κ1) is 12.0. The van der Waals surface area contributed by atoms with Gasteiger partial charge in [0.05, 0.1) is 0 Å². The summed E-state index contributed by atoms with van der Waals surface area (Å²) in [6, 6.07) is 5.84. The molecule has 3 nitrogen and oxygen atoms in total. The van der Waals surface area contributed by atoms with Crippen LogP contribution in [0.15, 0.2) is 24.3 Å². The zero-order valence-electron chi connectivity index (χ0n) is 9.73. The summed E-state index contributed by atoms with van der Waals surface area (Å²) in [4.78, 5) is 13.9. The van der Waals surface area contributed by atoms with Crippen LogP contribution in [0.5, 0.6) is 0 Å². The first-order valence-corrected chi connectivity index (χ1v) is 5.95. The zero-order valence-corrected chi connectivity index (χ0v) is 9.73. The molecule has 2 N–H and O–H groups in total. The Bertz CT molecular complexity index is 408. The Hall–Kier alpha value is -1.42. The van der Waals surface area contributed by atoms with Crippen LogP contribution in [0, 0.1) is 11.7 Å². The average molecular weight is 236 g/mol. The van der Waals surface area contributed by atoms with E-state index < -0.39 is 0 Å². The number of carbonyl (C=O) groups is 1. The molecular weight excluding hydrogens is 219 g/mol. The Kier molecular flexibility index (Phi) is 3.74. The summed E-state index contributed by atoms with van der Waals surface area (Å²) in [5.41, 5.74) is 6.05. The molecule has 4 heteroatoms. The SMILES string of the molecule is NC[C@@H]1CCCN(C(=O)c2cccc(F)c2)C1. The Morgan fingerprint density at radius 2 is 2.35 bits per heavy atom. The van der Waals surface area contributed by atoms with Gasteiger partial charge in [-0.15, -0.1) is 0 Å². The van der Waals surface area contributed by atoms with Crippen molar-refractivity contribution in [3.05, 3.63) is 35.6 Å². The Balaban J connectivity index is 2.09. The lowest BCUT2D eigenvalue weighted by atomic mass is 9.97. The molecule has 1 atom stereocenters. The second kappa shape index (κ2) is 5.27. The molecule has 1 aliphatic rings. The molecule has 1 aromatic carbocycles. The van der Waals surface area contributed by atoms with E-state index in [1.165, 1.54) is 12.1 Å². The molecular formula is C13H17FN2O. The van der Waals surface area contributed by atoms with Crippen molar-refractivity contribution >= 4 is 5.91 Å². The minimum Gasteiger partial charge on any atom is -0.338 e. The molecule has 1 fully saturated rings. The molecule has 0 unspecified atom stereocenters. The third-order valence-corrected chi connectivity index (χ3v) is 3.21. The molecule has 92 valence electrons. The van der Waals surface area contributed by atoms with Gasteiger partial charge in [-0.1, -0.05) is 6.07 Å². The highest BCUT2D eigenvalue weighted by molar-refractivity contribution is 5.94. The molecule has 1 aliphatic heterocycles. The standard InChI is InChI=1S/C13H17FN2O/c14-12-5-1-4-11(7-12)13(17)16-6-2-3-10(8-15)9-16/h1,4-5,7,10H,2-3,6,8-9,15H2/t10-/m0/s1. The van der Waals surface area contributed by atoms with Crippen LogP contribution >= 0.6 is 0 Å². The van der Waals surface area contributed by atoms with E-state index in [4.69, 9.17) is 5.73 Å². The number of hydrogen-bond acceptors (Lipinski definition) is 2. The lowest BCUT2D eigenvalue weighted by molar-refractivity contribution is 0.0677. The van der Waals surface area contributed by atoms with Crippen LogP contribution in [0.3, 0.4) is 0 Å². The maximum atomic E-state index is 13.0. The number of benzene rings is 1. The van der Waals surface area contributed by atoms with Crippen LogP contribution in [0.1, 0.15) is 23.2 Å². The van der Waals surface area contributed by atoms with Gasteiger partial charge in [0.2, 0.25) is 0 Å². The van der Waals surface area contributed by atoms with Gasteiger partial charge < -0.3 is 10.6 Å². The van der Waals surface area contributed by atoms with Crippen LogP contribution in [0.4, 0.5) is 4.39 Å². The number of hydrogen-bond donors (Lipinski definition) is 1. The van der Waals surface area contributed by atoms with Crippen molar-refractivity contribution in [3.63, 3.8) is 0 Å². The fourth-order valence-electron chi connectivity index (χ4n) is 2.25. The highest BCUT2D eigenvalue weighted by Crippen LogP contribution is 2.18. The molecule has 0 aromatic heterocycles. The van der Waals surface area contributed by atoms with Crippen LogP contribution in [-0.4, -0.2) is 30.4 Å².